The van der Waals surface area contributed by atoms with Gasteiger partial charge in [0, 0.05) is 31.7 Å². The maximum absolute atomic E-state index is 14.4. The third-order valence-electron chi connectivity index (χ3n) is 5.42. The minimum atomic E-state index is -4.08. The van der Waals surface area contributed by atoms with E-state index in [0.29, 0.717) is 11.4 Å². The van der Waals surface area contributed by atoms with Crippen LogP contribution in [0.4, 0.5) is 20.2 Å². The molecule has 0 spiro atoms. The molecule has 3 rings (SSSR count). The van der Waals surface area contributed by atoms with Crippen LogP contribution in [-0.2, 0) is 10.0 Å². The Hall–Kier alpha value is -2.52. The highest BCUT2D eigenvalue weighted by molar-refractivity contribution is 7.89. The first-order valence-electron chi connectivity index (χ1n) is 10.4. The van der Waals surface area contributed by atoms with Gasteiger partial charge in [0.2, 0.25) is 10.0 Å². The summed E-state index contributed by atoms with van der Waals surface area (Å²) >= 11 is 0. The molecule has 168 valence electrons. The molecule has 1 heterocycles. The van der Waals surface area contributed by atoms with Gasteiger partial charge in [-0.1, -0.05) is 13.8 Å². The fraction of sp³-hybridized carbons (Fsp3) is 0.409. The van der Waals surface area contributed by atoms with E-state index >= 15 is 0 Å². The van der Waals surface area contributed by atoms with Crippen molar-refractivity contribution in [3.63, 3.8) is 0 Å². The number of benzene rings is 2. The highest BCUT2D eigenvalue weighted by Crippen LogP contribution is 2.30. The average molecular weight is 452 g/mol. The second-order valence-electron chi connectivity index (χ2n) is 7.40. The quantitative estimate of drug-likeness (QED) is 0.684. The minimum absolute atomic E-state index is 0.0269. The Morgan fingerprint density at radius 2 is 1.71 bits per heavy atom. The number of amides is 1. The van der Waals surface area contributed by atoms with Crippen molar-refractivity contribution in [2.45, 2.75) is 38.0 Å². The summed E-state index contributed by atoms with van der Waals surface area (Å²) in [5.41, 5.74) is 0.970. The molecule has 1 N–H and O–H groups in total. The maximum Gasteiger partial charge on any atom is 0.255 e. The Labute approximate surface area is 181 Å². The number of sulfonamides is 1. The normalized spacial score (nSPS) is 14.7. The molecule has 31 heavy (non-hydrogen) atoms. The number of nitrogens with zero attached hydrogens (tertiary/aromatic N) is 2. The zero-order valence-corrected chi connectivity index (χ0v) is 18.5. The highest BCUT2D eigenvalue weighted by atomic mass is 32.2. The van der Waals surface area contributed by atoms with Gasteiger partial charge < -0.3 is 10.2 Å². The van der Waals surface area contributed by atoms with Crippen LogP contribution < -0.4 is 10.2 Å². The average Bonchev–Trinajstić information content (AvgIpc) is 2.75. The molecular formula is C22H27F2N3O3S. The monoisotopic (exact) mass is 451 g/mol. The molecule has 1 fully saturated rings. The van der Waals surface area contributed by atoms with E-state index in [9.17, 15) is 22.0 Å². The van der Waals surface area contributed by atoms with E-state index in [1.165, 1.54) is 18.2 Å². The minimum Gasteiger partial charge on any atom is -0.370 e. The van der Waals surface area contributed by atoms with E-state index < -0.39 is 32.5 Å². The first-order chi connectivity index (χ1) is 14.8. The van der Waals surface area contributed by atoms with E-state index in [4.69, 9.17) is 0 Å². The number of carbonyl (C=O) groups excluding carboxylic acids is 1. The molecule has 1 saturated heterocycles. The van der Waals surface area contributed by atoms with Crippen molar-refractivity contribution in [1.29, 1.82) is 0 Å². The van der Waals surface area contributed by atoms with Crippen molar-refractivity contribution in [1.82, 2.24) is 4.31 Å². The van der Waals surface area contributed by atoms with Gasteiger partial charge in [0.1, 0.15) is 16.5 Å². The first kappa shape index (κ1) is 23.1. The molecule has 0 aromatic heterocycles. The van der Waals surface area contributed by atoms with Gasteiger partial charge in [0.15, 0.2) is 0 Å². The van der Waals surface area contributed by atoms with Crippen molar-refractivity contribution in [3.05, 3.63) is 53.6 Å². The van der Waals surface area contributed by atoms with Crippen LogP contribution in [0.1, 0.15) is 43.5 Å². The zero-order valence-electron chi connectivity index (χ0n) is 17.7. The number of piperidine rings is 1. The largest absolute Gasteiger partial charge is 0.370 e. The zero-order chi connectivity index (χ0) is 22.6. The van der Waals surface area contributed by atoms with Crippen LogP contribution in [0.25, 0.3) is 0 Å². The number of halogens is 2. The summed E-state index contributed by atoms with van der Waals surface area (Å²) in [5.74, 6) is -2.07. The highest BCUT2D eigenvalue weighted by Gasteiger charge is 2.27. The fourth-order valence-electron chi connectivity index (χ4n) is 3.76. The lowest BCUT2D eigenvalue weighted by molar-refractivity contribution is 0.102. The number of carbonyl (C=O) groups is 1. The molecular weight excluding hydrogens is 424 g/mol. The van der Waals surface area contributed by atoms with Crippen LogP contribution in [0.2, 0.25) is 0 Å². The molecule has 9 heteroatoms. The molecule has 6 nitrogen and oxygen atoms in total. The third-order valence-corrected chi connectivity index (χ3v) is 7.49. The smallest absolute Gasteiger partial charge is 0.255 e. The Bertz CT molecular complexity index is 1050. The van der Waals surface area contributed by atoms with Crippen LogP contribution in [0.5, 0.6) is 0 Å². The predicted octanol–water partition coefficient (Wildman–Crippen LogP) is 4.24. The fourth-order valence-corrected chi connectivity index (χ4v) is 5.31. The van der Waals surface area contributed by atoms with E-state index in [0.717, 1.165) is 48.8 Å². The standard InChI is InChI=1S/C22H27F2N3O3S/c1-3-27(4-2)31(29,30)21-14-16(8-10-18(21)24)22(28)25-19-15-17(23)9-11-20(19)26-12-6-5-7-13-26/h8-11,14-15H,3-7,12-13H2,1-2H3,(H,25,28). The number of hydrogen-bond donors (Lipinski definition) is 1. The third kappa shape index (κ3) is 5.04. The van der Waals surface area contributed by atoms with E-state index in [1.54, 1.807) is 19.9 Å². The molecule has 0 atom stereocenters. The second kappa shape index (κ2) is 9.74. The SMILES string of the molecule is CCN(CC)S(=O)(=O)c1cc(C(=O)Nc2cc(F)ccc2N2CCCCC2)ccc1F. The molecule has 0 unspecified atom stereocenters. The van der Waals surface area contributed by atoms with Gasteiger partial charge in [0.05, 0.1) is 11.4 Å². The second-order valence-corrected chi connectivity index (χ2v) is 9.30. The summed E-state index contributed by atoms with van der Waals surface area (Å²) in [4.78, 5) is 14.4. The van der Waals surface area contributed by atoms with Crippen molar-refractivity contribution in [2.75, 3.05) is 36.4 Å². The van der Waals surface area contributed by atoms with Gasteiger partial charge in [0.25, 0.3) is 5.91 Å². The van der Waals surface area contributed by atoms with Crippen molar-refractivity contribution in [2.24, 2.45) is 0 Å². The van der Waals surface area contributed by atoms with Gasteiger partial charge in [-0.15, -0.1) is 0 Å². The molecule has 1 amide bonds. The number of hydrogen-bond acceptors (Lipinski definition) is 4. The van der Waals surface area contributed by atoms with Gasteiger partial charge in [-0.3, -0.25) is 4.79 Å². The maximum atomic E-state index is 14.4. The van der Waals surface area contributed by atoms with Crippen molar-refractivity contribution < 1.29 is 22.0 Å². The lowest BCUT2D eigenvalue weighted by Gasteiger charge is -2.30. The topological polar surface area (TPSA) is 69.7 Å². The van der Waals surface area contributed by atoms with E-state index in [-0.39, 0.29) is 18.7 Å². The van der Waals surface area contributed by atoms with Crippen LogP contribution in [0.3, 0.4) is 0 Å². The number of nitrogens with one attached hydrogen (secondary N) is 1. The number of rotatable bonds is 7. The Morgan fingerprint density at radius 1 is 1.03 bits per heavy atom. The molecule has 2 aromatic rings. The van der Waals surface area contributed by atoms with Crippen molar-refractivity contribution >= 4 is 27.3 Å². The van der Waals surface area contributed by atoms with Crippen LogP contribution in [0, 0.1) is 11.6 Å². The Kier molecular flexibility index (Phi) is 7.27. The molecule has 1 aliphatic heterocycles. The molecule has 0 aliphatic carbocycles. The summed E-state index contributed by atoms with van der Waals surface area (Å²) in [6.07, 6.45) is 3.14. The predicted molar refractivity (Wildman–Crippen MR) is 117 cm³/mol. The van der Waals surface area contributed by atoms with Crippen LogP contribution in [-0.4, -0.2) is 44.8 Å². The van der Waals surface area contributed by atoms with Gasteiger partial charge >= 0.3 is 0 Å². The Morgan fingerprint density at radius 3 is 2.35 bits per heavy atom. The molecule has 1 aliphatic rings. The van der Waals surface area contributed by atoms with E-state index in [2.05, 4.69) is 10.2 Å². The lowest BCUT2D eigenvalue weighted by atomic mass is 10.1. The number of anilines is 2. The van der Waals surface area contributed by atoms with Crippen molar-refractivity contribution in [3.8, 4) is 0 Å². The summed E-state index contributed by atoms with van der Waals surface area (Å²) in [5, 5.41) is 2.67. The van der Waals surface area contributed by atoms with Crippen LogP contribution >= 0.6 is 0 Å². The van der Waals surface area contributed by atoms with E-state index in [1.807, 2.05) is 0 Å². The molecule has 2 aromatic carbocycles. The summed E-state index contributed by atoms with van der Waals surface area (Å²) in [7, 11) is -4.08. The Balaban J connectivity index is 1.92. The summed E-state index contributed by atoms with van der Waals surface area (Å²) < 4.78 is 54.9. The van der Waals surface area contributed by atoms with Gasteiger partial charge in [-0.05, 0) is 55.7 Å². The first-order valence-corrected chi connectivity index (χ1v) is 11.9. The van der Waals surface area contributed by atoms with Gasteiger partial charge in [-0.25, -0.2) is 17.2 Å². The lowest BCUT2D eigenvalue weighted by Crippen LogP contribution is -2.31. The molecule has 0 bridgehead atoms. The summed E-state index contributed by atoms with van der Waals surface area (Å²) in [6.45, 7) is 5.27. The van der Waals surface area contributed by atoms with Gasteiger partial charge in [-0.2, -0.15) is 4.31 Å². The molecule has 0 saturated carbocycles. The summed E-state index contributed by atoms with van der Waals surface area (Å²) in [6, 6.07) is 7.40. The molecule has 0 radical (unpaired) electrons. The van der Waals surface area contributed by atoms with Crippen LogP contribution in [0.15, 0.2) is 41.3 Å².